The molecule has 2 aromatic carbocycles. The van der Waals surface area contributed by atoms with Gasteiger partial charge in [0.25, 0.3) is 11.6 Å². The Hall–Kier alpha value is -3.22. The lowest BCUT2D eigenvalue weighted by molar-refractivity contribution is -0.385. The maximum absolute atomic E-state index is 12.2. The highest BCUT2D eigenvalue weighted by Gasteiger charge is 2.19. The van der Waals surface area contributed by atoms with Crippen molar-refractivity contribution >= 4 is 23.2 Å². The zero-order chi connectivity index (χ0) is 18.4. The average Bonchev–Trinajstić information content (AvgIpc) is 2.62. The van der Waals surface area contributed by atoms with Crippen LogP contribution in [-0.4, -0.2) is 22.8 Å². The molecule has 130 valence electrons. The molecule has 7 nitrogen and oxygen atoms in total. The zero-order valence-corrected chi connectivity index (χ0v) is 14.0. The highest BCUT2D eigenvalue weighted by molar-refractivity contribution is 6.01. The Balaban J connectivity index is 2.05. The number of amides is 2. The van der Waals surface area contributed by atoms with Gasteiger partial charge in [-0.2, -0.15) is 0 Å². The molecule has 0 bridgehead atoms. The fraction of sp³-hybridized carbons (Fsp3) is 0.222. The number of carbonyl (C=O) groups excluding carboxylic acids is 2. The molecule has 0 aliphatic heterocycles. The van der Waals surface area contributed by atoms with E-state index in [-0.39, 0.29) is 11.6 Å². The highest BCUT2D eigenvalue weighted by Crippen LogP contribution is 2.23. The molecule has 0 aliphatic carbocycles. The standard InChI is InChI=1S/C18H19N3O4/c1-3-13-9-10-15(11-16(13)21(24)25)20-17(22)12(2)19-18(23)14-7-5-4-6-8-14/h4-12H,3H2,1-2H3,(H,19,23)(H,20,22). The van der Waals surface area contributed by atoms with Gasteiger partial charge in [-0.05, 0) is 31.5 Å². The lowest BCUT2D eigenvalue weighted by Crippen LogP contribution is -2.41. The van der Waals surface area contributed by atoms with Gasteiger partial charge in [-0.25, -0.2) is 0 Å². The number of hydrogen-bond acceptors (Lipinski definition) is 4. The molecule has 0 heterocycles. The molecule has 0 radical (unpaired) electrons. The Labute approximate surface area is 145 Å². The van der Waals surface area contributed by atoms with Crippen LogP contribution in [-0.2, 0) is 11.2 Å². The lowest BCUT2D eigenvalue weighted by atomic mass is 10.1. The van der Waals surface area contributed by atoms with Crippen LogP contribution >= 0.6 is 0 Å². The number of aryl methyl sites for hydroxylation is 1. The molecule has 0 aromatic heterocycles. The Kier molecular flexibility index (Phi) is 5.84. The molecule has 1 atom stereocenters. The first kappa shape index (κ1) is 18.1. The summed E-state index contributed by atoms with van der Waals surface area (Å²) in [6.45, 7) is 3.37. The summed E-state index contributed by atoms with van der Waals surface area (Å²) in [7, 11) is 0. The van der Waals surface area contributed by atoms with Crippen LogP contribution in [0.25, 0.3) is 0 Å². The zero-order valence-electron chi connectivity index (χ0n) is 14.0. The van der Waals surface area contributed by atoms with Crippen molar-refractivity contribution in [2.75, 3.05) is 5.32 Å². The maximum atomic E-state index is 12.2. The van der Waals surface area contributed by atoms with Crippen LogP contribution in [0, 0.1) is 10.1 Å². The van der Waals surface area contributed by atoms with E-state index in [2.05, 4.69) is 10.6 Å². The van der Waals surface area contributed by atoms with E-state index in [1.807, 2.05) is 6.92 Å². The fourth-order valence-electron chi connectivity index (χ4n) is 2.30. The van der Waals surface area contributed by atoms with Crippen molar-refractivity contribution in [1.29, 1.82) is 0 Å². The van der Waals surface area contributed by atoms with E-state index in [4.69, 9.17) is 0 Å². The second-order valence-corrected chi connectivity index (χ2v) is 5.50. The summed E-state index contributed by atoms with van der Waals surface area (Å²) in [6, 6.07) is 12.3. The average molecular weight is 341 g/mol. The molecule has 25 heavy (non-hydrogen) atoms. The second-order valence-electron chi connectivity index (χ2n) is 5.50. The Bertz CT molecular complexity index is 790. The van der Waals surface area contributed by atoms with E-state index in [9.17, 15) is 19.7 Å². The predicted molar refractivity (Wildman–Crippen MR) is 94.5 cm³/mol. The summed E-state index contributed by atoms with van der Waals surface area (Å²) in [5.74, 6) is -0.821. The topological polar surface area (TPSA) is 101 Å². The van der Waals surface area contributed by atoms with Gasteiger partial charge in [0.2, 0.25) is 5.91 Å². The molecule has 7 heteroatoms. The number of carbonyl (C=O) groups is 2. The largest absolute Gasteiger partial charge is 0.341 e. The van der Waals surface area contributed by atoms with Crippen molar-refractivity contribution in [1.82, 2.24) is 5.32 Å². The number of anilines is 1. The van der Waals surface area contributed by atoms with Crippen molar-refractivity contribution in [3.05, 3.63) is 69.8 Å². The molecule has 0 saturated heterocycles. The van der Waals surface area contributed by atoms with Gasteiger partial charge in [0, 0.05) is 22.9 Å². The molecular formula is C18H19N3O4. The SMILES string of the molecule is CCc1ccc(NC(=O)C(C)NC(=O)c2ccccc2)cc1[N+](=O)[O-]. The normalized spacial score (nSPS) is 11.4. The Morgan fingerprint density at radius 2 is 1.84 bits per heavy atom. The summed E-state index contributed by atoms with van der Waals surface area (Å²) in [6.07, 6.45) is 0.522. The number of nitro benzene ring substituents is 1. The van der Waals surface area contributed by atoms with E-state index in [1.165, 1.54) is 6.07 Å². The van der Waals surface area contributed by atoms with Gasteiger partial charge in [-0.3, -0.25) is 19.7 Å². The van der Waals surface area contributed by atoms with Crippen molar-refractivity contribution < 1.29 is 14.5 Å². The van der Waals surface area contributed by atoms with E-state index in [0.717, 1.165) is 0 Å². The Morgan fingerprint density at radius 1 is 1.16 bits per heavy atom. The van der Waals surface area contributed by atoms with Crippen LogP contribution in [0.15, 0.2) is 48.5 Å². The van der Waals surface area contributed by atoms with Crippen molar-refractivity contribution in [3.8, 4) is 0 Å². The minimum absolute atomic E-state index is 0.0405. The van der Waals surface area contributed by atoms with Crippen molar-refractivity contribution in [2.24, 2.45) is 0 Å². The third-order valence-corrected chi connectivity index (χ3v) is 3.71. The molecule has 2 N–H and O–H groups in total. The highest BCUT2D eigenvalue weighted by atomic mass is 16.6. The molecule has 0 saturated carbocycles. The van der Waals surface area contributed by atoms with Gasteiger partial charge in [0.05, 0.1) is 4.92 Å². The molecule has 0 spiro atoms. The minimum atomic E-state index is -0.794. The molecule has 2 amide bonds. The van der Waals surface area contributed by atoms with Crippen LogP contribution in [0.1, 0.15) is 29.8 Å². The van der Waals surface area contributed by atoms with Gasteiger partial charge >= 0.3 is 0 Å². The van der Waals surface area contributed by atoms with E-state index < -0.39 is 16.9 Å². The van der Waals surface area contributed by atoms with Crippen LogP contribution in [0.4, 0.5) is 11.4 Å². The van der Waals surface area contributed by atoms with Crippen LogP contribution in [0.2, 0.25) is 0 Å². The van der Waals surface area contributed by atoms with Crippen LogP contribution in [0.3, 0.4) is 0 Å². The first-order valence-electron chi connectivity index (χ1n) is 7.86. The fourth-order valence-corrected chi connectivity index (χ4v) is 2.30. The summed E-state index contributed by atoms with van der Waals surface area (Å²) in [4.78, 5) is 34.9. The van der Waals surface area contributed by atoms with E-state index >= 15 is 0 Å². The van der Waals surface area contributed by atoms with E-state index in [0.29, 0.717) is 23.2 Å². The van der Waals surface area contributed by atoms with Gasteiger partial charge < -0.3 is 10.6 Å². The van der Waals surface area contributed by atoms with E-state index in [1.54, 1.807) is 49.4 Å². The second kappa shape index (κ2) is 8.05. The predicted octanol–water partition coefficient (Wildman–Crippen LogP) is 2.91. The summed E-state index contributed by atoms with van der Waals surface area (Å²) in [5, 5.41) is 16.3. The number of rotatable bonds is 6. The third kappa shape index (κ3) is 4.63. The molecule has 0 aliphatic rings. The first-order valence-corrected chi connectivity index (χ1v) is 7.86. The number of nitrogens with one attached hydrogen (secondary N) is 2. The Morgan fingerprint density at radius 3 is 2.44 bits per heavy atom. The molecular weight excluding hydrogens is 322 g/mol. The number of nitro groups is 1. The van der Waals surface area contributed by atoms with Crippen LogP contribution in [0.5, 0.6) is 0 Å². The molecule has 2 aromatic rings. The maximum Gasteiger partial charge on any atom is 0.274 e. The summed E-state index contributed by atoms with van der Waals surface area (Å²) >= 11 is 0. The van der Waals surface area contributed by atoms with Crippen molar-refractivity contribution in [3.63, 3.8) is 0 Å². The first-order chi connectivity index (χ1) is 11.9. The molecule has 1 unspecified atom stereocenters. The monoisotopic (exact) mass is 341 g/mol. The van der Waals surface area contributed by atoms with Crippen molar-refractivity contribution in [2.45, 2.75) is 26.3 Å². The quantitative estimate of drug-likeness (QED) is 0.623. The van der Waals surface area contributed by atoms with Gasteiger partial charge in [-0.15, -0.1) is 0 Å². The lowest BCUT2D eigenvalue weighted by Gasteiger charge is -2.14. The smallest absolute Gasteiger partial charge is 0.274 e. The minimum Gasteiger partial charge on any atom is -0.341 e. The molecule has 0 fully saturated rings. The summed E-state index contributed by atoms with van der Waals surface area (Å²) in [5.41, 5.74) is 1.31. The van der Waals surface area contributed by atoms with Crippen LogP contribution < -0.4 is 10.6 Å². The number of nitrogens with zero attached hydrogens (tertiary/aromatic N) is 1. The van der Waals surface area contributed by atoms with Gasteiger partial charge in [-0.1, -0.05) is 31.2 Å². The number of hydrogen-bond donors (Lipinski definition) is 2. The summed E-state index contributed by atoms with van der Waals surface area (Å²) < 4.78 is 0. The number of benzene rings is 2. The molecule has 2 rings (SSSR count). The van der Waals surface area contributed by atoms with Gasteiger partial charge in [0.1, 0.15) is 6.04 Å². The third-order valence-electron chi connectivity index (χ3n) is 3.71. The van der Waals surface area contributed by atoms with Gasteiger partial charge in [0.15, 0.2) is 0 Å².